The Labute approximate surface area is 148 Å². The van der Waals surface area contributed by atoms with Gasteiger partial charge in [-0.15, -0.1) is 0 Å². The molecule has 7 heteroatoms. The zero-order chi connectivity index (χ0) is 17.7. The highest BCUT2D eigenvalue weighted by molar-refractivity contribution is 5.91. The Morgan fingerprint density at radius 2 is 2.16 bits per heavy atom. The maximum absolute atomic E-state index is 13.1. The summed E-state index contributed by atoms with van der Waals surface area (Å²) in [6, 6.07) is 3.26. The van der Waals surface area contributed by atoms with Crippen molar-refractivity contribution in [1.82, 2.24) is 20.5 Å². The third-order valence-electron chi connectivity index (χ3n) is 5.21. The summed E-state index contributed by atoms with van der Waals surface area (Å²) in [6.45, 7) is 2.61. The van der Waals surface area contributed by atoms with E-state index in [1.807, 2.05) is 12.1 Å². The number of hydrogen-bond donors (Lipinski definition) is 2. The first-order valence-corrected chi connectivity index (χ1v) is 8.84. The van der Waals surface area contributed by atoms with Crippen LogP contribution in [0.25, 0.3) is 0 Å². The highest BCUT2D eigenvalue weighted by atomic mass is 16.5. The molecule has 1 aliphatic heterocycles. The molecule has 0 bridgehead atoms. The molecule has 0 aromatic carbocycles. The normalized spacial score (nSPS) is 22.1. The monoisotopic (exact) mass is 346 g/mol. The smallest absolute Gasteiger partial charge is 0.244 e. The summed E-state index contributed by atoms with van der Waals surface area (Å²) < 4.78 is 5.29. The lowest BCUT2D eigenvalue weighted by atomic mass is 9.68. The van der Waals surface area contributed by atoms with Crippen LogP contribution in [-0.4, -0.2) is 61.1 Å². The molecule has 2 amide bonds. The van der Waals surface area contributed by atoms with E-state index in [1.54, 1.807) is 24.4 Å². The van der Waals surface area contributed by atoms with Crippen molar-refractivity contribution in [3.05, 3.63) is 30.1 Å². The summed E-state index contributed by atoms with van der Waals surface area (Å²) in [7, 11) is 1.63. The van der Waals surface area contributed by atoms with Gasteiger partial charge in [-0.2, -0.15) is 0 Å². The van der Waals surface area contributed by atoms with Crippen LogP contribution in [0.15, 0.2) is 24.5 Å². The molecule has 1 aromatic heterocycles. The van der Waals surface area contributed by atoms with Crippen LogP contribution in [0.1, 0.15) is 24.8 Å². The second-order valence-electron chi connectivity index (χ2n) is 6.86. The number of nitrogens with one attached hydrogen (secondary N) is 2. The van der Waals surface area contributed by atoms with E-state index in [0.717, 1.165) is 24.8 Å². The number of rotatable bonds is 6. The maximum atomic E-state index is 13.1. The molecule has 0 radical (unpaired) electrons. The number of carbonyl (C=O) groups excluding carboxylic acids is 2. The first-order chi connectivity index (χ1) is 12.2. The minimum absolute atomic E-state index is 0.0613. The van der Waals surface area contributed by atoms with Crippen LogP contribution >= 0.6 is 0 Å². The predicted molar refractivity (Wildman–Crippen MR) is 92.6 cm³/mol. The van der Waals surface area contributed by atoms with Gasteiger partial charge in [-0.25, -0.2) is 0 Å². The van der Waals surface area contributed by atoms with Gasteiger partial charge >= 0.3 is 0 Å². The summed E-state index contributed by atoms with van der Waals surface area (Å²) in [6.07, 6.45) is 6.12. The van der Waals surface area contributed by atoms with E-state index in [9.17, 15) is 9.59 Å². The molecule has 0 unspecified atom stereocenters. The lowest BCUT2D eigenvalue weighted by Crippen LogP contribution is -2.63. The standard InChI is InChI=1S/C18H26N4O3/c1-25-13-18(5-2-6-18)17(24)22-10-9-20-12-15(22)16(23)21-11-14-3-7-19-8-4-14/h3-4,7-8,15,20H,2,5-6,9-13H2,1H3,(H,21,23)/t15-/m1/s1. The van der Waals surface area contributed by atoms with Crippen molar-refractivity contribution in [3.8, 4) is 0 Å². The fourth-order valence-corrected chi connectivity index (χ4v) is 3.59. The molecule has 25 heavy (non-hydrogen) atoms. The van der Waals surface area contributed by atoms with Gasteiger partial charge in [0.15, 0.2) is 0 Å². The minimum atomic E-state index is -0.475. The lowest BCUT2D eigenvalue weighted by molar-refractivity contribution is -0.158. The quantitative estimate of drug-likeness (QED) is 0.775. The zero-order valence-corrected chi connectivity index (χ0v) is 14.7. The fraction of sp³-hybridized carbons (Fsp3) is 0.611. The highest BCUT2D eigenvalue weighted by Crippen LogP contribution is 2.43. The summed E-state index contributed by atoms with van der Waals surface area (Å²) in [5.41, 5.74) is 0.551. The molecule has 2 heterocycles. The van der Waals surface area contributed by atoms with Gasteiger partial charge in [0.1, 0.15) is 6.04 Å². The Hall–Kier alpha value is -1.99. The predicted octanol–water partition coefficient (Wildman–Crippen LogP) is 0.315. The largest absolute Gasteiger partial charge is 0.384 e. The van der Waals surface area contributed by atoms with Crippen LogP contribution in [0.4, 0.5) is 0 Å². The summed E-state index contributed by atoms with van der Waals surface area (Å²) in [4.78, 5) is 31.5. The second-order valence-corrected chi connectivity index (χ2v) is 6.86. The highest BCUT2D eigenvalue weighted by Gasteiger charge is 2.48. The molecule has 7 nitrogen and oxygen atoms in total. The van der Waals surface area contributed by atoms with Crippen molar-refractivity contribution < 1.29 is 14.3 Å². The molecule has 1 aliphatic carbocycles. The molecule has 1 aromatic rings. The third-order valence-corrected chi connectivity index (χ3v) is 5.21. The minimum Gasteiger partial charge on any atom is -0.384 e. The molecular weight excluding hydrogens is 320 g/mol. The molecule has 0 spiro atoms. The number of amides is 2. The van der Waals surface area contributed by atoms with Crippen LogP contribution < -0.4 is 10.6 Å². The maximum Gasteiger partial charge on any atom is 0.244 e. The Kier molecular flexibility index (Phi) is 5.65. The Morgan fingerprint density at radius 3 is 2.80 bits per heavy atom. The number of piperazine rings is 1. The van der Waals surface area contributed by atoms with Crippen molar-refractivity contribution in [2.24, 2.45) is 5.41 Å². The van der Waals surface area contributed by atoms with Crippen molar-refractivity contribution >= 4 is 11.8 Å². The number of methoxy groups -OCH3 is 1. The van der Waals surface area contributed by atoms with E-state index in [0.29, 0.717) is 32.8 Å². The molecule has 2 N–H and O–H groups in total. The number of hydrogen-bond acceptors (Lipinski definition) is 5. The average Bonchev–Trinajstić information content (AvgIpc) is 2.63. The van der Waals surface area contributed by atoms with Crippen molar-refractivity contribution in [1.29, 1.82) is 0 Å². The van der Waals surface area contributed by atoms with Gasteiger partial charge in [0.25, 0.3) is 0 Å². The van der Waals surface area contributed by atoms with E-state index in [2.05, 4.69) is 15.6 Å². The van der Waals surface area contributed by atoms with Crippen LogP contribution in [0.5, 0.6) is 0 Å². The van der Waals surface area contributed by atoms with Crippen LogP contribution in [0.2, 0.25) is 0 Å². The SMILES string of the molecule is COCC1(C(=O)N2CCNC[C@@H]2C(=O)NCc2ccncc2)CCC1. The lowest BCUT2D eigenvalue weighted by Gasteiger charge is -2.46. The summed E-state index contributed by atoms with van der Waals surface area (Å²) in [5, 5.41) is 6.16. The second kappa shape index (κ2) is 7.93. The van der Waals surface area contributed by atoms with Gasteiger partial charge in [0.2, 0.25) is 11.8 Å². The van der Waals surface area contributed by atoms with E-state index < -0.39 is 11.5 Å². The molecule has 1 atom stereocenters. The van der Waals surface area contributed by atoms with Crippen LogP contribution in [-0.2, 0) is 20.9 Å². The molecule has 1 saturated carbocycles. The van der Waals surface area contributed by atoms with Gasteiger partial charge < -0.3 is 20.3 Å². The van der Waals surface area contributed by atoms with E-state index in [-0.39, 0.29) is 11.8 Å². The van der Waals surface area contributed by atoms with Crippen molar-refractivity contribution in [2.75, 3.05) is 33.4 Å². The molecule has 3 rings (SSSR count). The van der Waals surface area contributed by atoms with E-state index in [4.69, 9.17) is 4.74 Å². The molecule has 2 fully saturated rings. The van der Waals surface area contributed by atoms with Gasteiger partial charge in [-0.05, 0) is 30.5 Å². The van der Waals surface area contributed by atoms with Gasteiger partial charge in [-0.3, -0.25) is 14.6 Å². The van der Waals surface area contributed by atoms with Gasteiger partial charge in [-0.1, -0.05) is 6.42 Å². The Balaban J connectivity index is 1.65. The molecule has 1 saturated heterocycles. The number of aromatic nitrogens is 1. The van der Waals surface area contributed by atoms with Crippen LogP contribution in [0.3, 0.4) is 0 Å². The van der Waals surface area contributed by atoms with Crippen molar-refractivity contribution in [3.63, 3.8) is 0 Å². The van der Waals surface area contributed by atoms with Crippen molar-refractivity contribution in [2.45, 2.75) is 31.8 Å². The van der Waals surface area contributed by atoms with Crippen LogP contribution in [0, 0.1) is 5.41 Å². The first kappa shape index (κ1) is 17.8. The summed E-state index contributed by atoms with van der Waals surface area (Å²) in [5.74, 6) is -0.0598. The number of pyridine rings is 1. The first-order valence-electron chi connectivity index (χ1n) is 8.84. The van der Waals surface area contributed by atoms with E-state index >= 15 is 0 Å². The van der Waals surface area contributed by atoms with Gasteiger partial charge in [0, 0.05) is 45.7 Å². The third kappa shape index (κ3) is 3.82. The van der Waals surface area contributed by atoms with Gasteiger partial charge in [0.05, 0.1) is 12.0 Å². The fourth-order valence-electron chi connectivity index (χ4n) is 3.59. The summed E-state index contributed by atoms with van der Waals surface area (Å²) >= 11 is 0. The molecule has 136 valence electrons. The molecule has 2 aliphatic rings. The molecular formula is C18H26N4O3. The number of ether oxygens (including phenoxy) is 1. The Bertz CT molecular complexity index is 604. The topological polar surface area (TPSA) is 83.6 Å². The number of carbonyl (C=O) groups is 2. The Morgan fingerprint density at radius 1 is 1.40 bits per heavy atom. The number of nitrogens with zero attached hydrogens (tertiary/aromatic N) is 2. The zero-order valence-electron chi connectivity index (χ0n) is 14.7. The average molecular weight is 346 g/mol. The van der Waals surface area contributed by atoms with E-state index in [1.165, 1.54) is 0 Å².